The number of aromatic nitrogens is 2. The Morgan fingerprint density at radius 1 is 1.50 bits per heavy atom. The molecule has 1 aliphatic rings. The summed E-state index contributed by atoms with van der Waals surface area (Å²) in [7, 11) is 2.06. The first-order valence-corrected chi connectivity index (χ1v) is 5.72. The van der Waals surface area contributed by atoms with E-state index >= 15 is 0 Å². The van der Waals surface area contributed by atoms with Crippen LogP contribution in [0.5, 0.6) is 0 Å². The fraction of sp³-hybridized carbons (Fsp3) is 0.727. The predicted octanol–water partition coefficient (Wildman–Crippen LogP) is 2.93. The van der Waals surface area contributed by atoms with Gasteiger partial charge in [0.2, 0.25) is 0 Å². The Balaban J connectivity index is 2.20. The van der Waals surface area contributed by atoms with E-state index in [1.807, 2.05) is 12.5 Å². The van der Waals surface area contributed by atoms with Gasteiger partial charge in [0.25, 0.3) is 0 Å². The number of hydrogen-bond acceptors (Lipinski definition) is 1. The van der Waals surface area contributed by atoms with Crippen molar-refractivity contribution in [1.82, 2.24) is 9.55 Å². The van der Waals surface area contributed by atoms with E-state index in [0.29, 0.717) is 11.3 Å². The second kappa shape index (κ2) is 3.93. The molecule has 0 radical (unpaired) electrons. The molecule has 2 nitrogen and oxygen atoms in total. The van der Waals surface area contributed by atoms with E-state index in [1.165, 1.54) is 12.1 Å². The lowest BCUT2D eigenvalue weighted by Crippen LogP contribution is -2.23. The number of halogens is 1. The van der Waals surface area contributed by atoms with E-state index in [-0.39, 0.29) is 0 Å². The van der Waals surface area contributed by atoms with Crippen LogP contribution in [0.4, 0.5) is 0 Å². The molecule has 0 bridgehead atoms. The molecule has 0 amide bonds. The molecular formula is C11H17ClN2. The van der Waals surface area contributed by atoms with Crippen LogP contribution in [-0.2, 0) is 7.05 Å². The highest BCUT2D eigenvalue weighted by molar-refractivity contribution is 6.20. The summed E-state index contributed by atoms with van der Waals surface area (Å²) in [5, 5.41) is 0.353. The molecule has 3 atom stereocenters. The maximum Gasteiger partial charge on any atom is 0.0945 e. The molecule has 14 heavy (non-hydrogen) atoms. The third kappa shape index (κ3) is 1.81. The van der Waals surface area contributed by atoms with E-state index in [1.54, 1.807) is 0 Å². The molecule has 2 rings (SSSR count). The van der Waals surface area contributed by atoms with Gasteiger partial charge in [0, 0.05) is 30.2 Å². The number of alkyl halides is 1. The number of imidazole rings is 1. The van der Waals surface area contributed by atoms with Crippen LogP contribution in [0.3, 0.4) is 0 Å². The molecule has 1 aliphatic carbocycles. The van der Waals surface area contributed by atoms with Gasteiger partial charge >= 0.3 is 0 Å². The van der Waals surface area contributed by atoms with Crippen molar-refractivity contribution < 1.29 is 0 Å². The van der Waals surface area contributed by atoms with Gasteiger partial charge < -0.3 is 4.57 Å². The van der Waals surface area contributed by atoms with Crippen LogP contribution >= 0.6 is 11.6 Å². The molecule has 78 valence electrons. The lowest BCUT2D eigenvalue weighted by Gasteiger charge is -2.31. The summed E-state index contributed by atoms with van der Waals surface area (Å²) in [6, 6.07) is 0. The summed E-state index contributed by atoms with van der Waals surface area (Å²) in [5.41, 5.74) is 1.34. The normalized spacial score (nSPS) is 33.2. The molecule has 1 saturated carbocycles. The Morgan fingerprint density at radius 2 is 2.29 bits per heavy atom. The van der Waals surface area contributed by atoms with Gasteiger partial charge in [-0.25, -0.2) is 4.98 Å². The molecule has 0 N–H and O–H groups in total. The molecule has 0 aromatic carbocycles. The number of nitrogens with zero attached hydrogens (tertiary/aromatic N) is 2. The van der Waals surface area contributed by atoms with Gasteiger partial charge in [-0.2, -0.15) is 0 Å². The van der Waals surface area contributed by atoms with Crippen molar-refractivity contribution in [2.45, 2.75) is 37.5 Å². The minimum Gasteiger partial charge on any atom is -0.337 e. The van der Waals surface area contributed by atoms with Crippen LogP contribution in [0.25, 0.3) is 0 Å². The van der Waals surface area contributed by atoms with Gasteiger partial charge in [-0.15, -0.1) is 11.6 Å². The third-order valence-corrected chi connectivity index (χ3v) is 3.76. The first-order valence-electron chi connectivity index (χ1n) is 5.28. The van der Waals surface area contributed by atoms with Gasteiger partial charge in [0.05, 0.1) is 6.33 Å². The zero-order valence-electron chi connectivity index (χ0n) is 8.78. The molecule has 3 unspecified atom stereocenters. The van der Waals surface area contributed by atoms with Gasteiger partial charge in [-0.05, 0) is 25.2 Å². The summed E-state index contributed by atoms with van der Waals surface area (Å²) in [6.07, 6.45) is 7.36. The third-order valence-electron chi connectivity index (χ3n) is 3.37. The van der Waals surface area contributed by atoms with E-state index in [9.17, 15) is 0 Å². The summed E-state index contributed by atoms with van der Waals surface area (Å²) in [6.45, 7) is 2.32. The standard InChI is InChI=1S/C11H17ClN2/c1-8-3-4-9(12)5-10(8)11-6-13-7-14(11)2/h6-10H,3-5H2,1-2H3. The molecule has 0 saturated heterocycles. The van der Waals surface area contributed by atoms with Crippen molar-refractivity contribution in [3.8, 4) is 0 Å². The first kappa shape index (κ1) is 10.0. The van der Waals surface area contributed by atoms with E-state index in [4.69, 9.17) is 11.6 Å². The molecule has 0 aliphatic heterocycles. The SMILES string of the molecule is CC1CCC(Cl)CC1c1cncn1C. The van der Waals surface area contributed by atoms with E-state index < -0.39 is 0 Å². The highest BCUT2D eigenvalue weighted by atomic mass is 35.5. The number of aryl methyl sites for hydroxylation is 1. The predicted molar refractivity (Wildman–Crippen MR) is 58.6 cm³/mol. The molecule has 3 heteroatoms. The smallest absolute Gasteiger partial charge is 0.0945 e. The van der Waals surface area contributed by atoms with Crippen molar-refractivity contribution >= 4 is 11.6 Å². The maximum absolute atomic E-state index is 6.22. The van der Waals surface area contributed by atoms with Gasteiger partial charge in [0.15, 0.2) is 0 Å². The fourth-order valence-electron chi connectivity index (χ4n) is 2.41. The molecule has 1 heterocycles. The largest absolute Gasteiger partial charge is 0.337 e. The lowest BCUT2D eigenvalue weighted by atomic mass is 9.78. The fourth-order valence-corrected chi connectivity index (χ4v) is 2.73. The molecule has 0 spiro atoms. The van der Waals surface area contributed by atoms with Crippen molar-refractivity contribution in [3.05, 3.63) is 18.2 Å². The van der Waals surface area contributed by atoms with Crippen LogP contribution < -0.4 is 0 Å². The summed E-state index contributed by atoms with van der Waals surface area (Å²) in [4.78, 5) is 4.18. The molecule has 1 fully saturated rings. The van der Waals surface area contributed by atoms with Crippen LogP contribution in [0.15, 0.2) is 12.5 Å². The Kier molecular flexibility index (Phi) is 2.82. The highest BCUT2D eigenvalue weighted by Gasteiger charge is 2.29. The van der Waals surface area contributed by atoms with Gasteiger partial charge in [-0.3, -0.25) is 0 Å². The first-order chi connectivity index (χ1) is 6.68. The van der Waals surface area contributed by atoms with Gasteiger partial charge in [0.1, 0.15) is 0 Å². The Morgan fingerprint density at radius 3 is 2.93 bits per heavy atom. The van der Waals surface area contributed by atoms with E-state index in [0.717, 1.165) is 18.8 Å². The second-order valence-corrected chi connectivity index (χ2v) is 5.04. The minimum absolute atomic E-state index is 0.353. The summed E-state index contributed by atoms with van der Waals surface area (Å²) >= 11 is 6.22. The van der Waals surface area contributed by atoms with Crippen molar-refractivity contribution in [1.29, 1.82) is 0 Å². The number of hydrogen-bond donors (Lipinski definition) is 0. The Bertz CT molecular complexity index is 308. The van der Waals surface area contributed by atoms with Gasteiger partial charge in [-0.1, -0.05) is 6.92 Å². The average Bonchev–Trinajstić information content (AvgIpc) is 2.56. The van der Waals surface area contributed by atoms with Crippen LogP contribution in [0.2, 0.25) is 0 Å². The topological polar surface area (TPSA) is 17.8 Å². The lowest BCUT2D eigenvalue weighted by molar-refractivity contribution is 0.325. The summed E-state index contributed by atoms with van der Waals surface area (Å²) < 4.78 is 2.12. The highest BCUT2D eigenvalue weighted by Crippen LogP contribution is 2.39. The quantitative estimate of drug-likeness (QED) is 0.655. The molecular weight excluding hydrogens is 196 g/mol. The van der Waals surface area contributed by atoms with Crippen LogP contribution in [0.1, 0.15) is 37.8 Å². The Hall–Kier alpha value is -0.500. The average molecular weight is 213 g/mol. The van der Waals surface area contributed by atoms with Crippen LogP contribution in [-0.4, -0.2) is 14.9 Å². The number of rotatable bonds is 1. The van der Waals surface area contributed by atoms with Crippen molar-refractivity contribution in [2.24, 2.45) is 13.0 Å². The van der Waals surface area contributed by atoms with Crippen molar-refractivity contribution in [2.75, 3.05) is 0 Å². The van der Waals surface area contributed by atoms with E-state index in [2.05, 4.69) is 23.5 Å². The minimum atomic E-state index is 0.353. The molecule has 1 aromatic rings. The maximum atomic E-state index is 6.22. The summed E-state index contributed by atoms with van der Waals surface area (Å²) in [5.74, 6) is 1.33. The second-order valence-electron chi connectivity index (χ2n) is 4.42. The van der Waals surface area contributed by atoms with Crippen molar-refractivity contribution in [3.63, 3.8) is 0 Å². The monoisotopic (exact) mass is 212 g/mol. The zero-order chi connectivity index (χ0) is 10.1. The molecule has 1 aromatic heterocycles. The zero-order valence-corrected chi connectivity index (χ0v) is 9.54. The Labute approximate surface area is 90.3 Å². The van der Waals surface area contributed by atoms with Crippen LogP contribution in [0, 0.1) is 5.92 Å².